The van der Waals surface area contributed by atoms with E-state index in [1.165, 1.54) is 0 Å². The fourth-order valence-corrected chi connectivity index (χ4v) is 0.768. The van der Waals surface area contributed by atoms with Crippen LogP contribution in [0.1, 0.15) is 22.6 Å². The van der Waals surface area contributed by atoms with Crippen LogP contribution in [-0.2, 0) is 0 Å². The summed E-state index contributed by atoms with van der Waals surface area (Å²) in [7, 11) is 0. The van der Waals surface area contributed by atoms with Crippen molar-refractivity contribution in [1.29, 1.82) is 0 Å². The average molecular weight is 173 g/mol. The van der Waals surface area contributed by atoms with Crippen molar-refractivity contribution < 1.29 is 13.6 Å². The molecule has 5 heteroatoms. The number of rotatable bonds is 2. The Bertz CT molecular complexity index is 346. The van der Waals surface area contributed by atoms with E-state index in [2.05, 4.69) is 4.98 Å². The molecule has 3 nitrogen and oxygen atoms in total. The van der Waals surface area contributed by atoms with Gasteiger partial charge in [0.15, 0.2) is 11.7 Å². The SMILES string of the molecule is O=Cc1cc(=O)cc(C(F)F)[nH]1. The summed E-state index contributed by atoms with van der Waals surface area (Å²) in [4.78, 5) is 22.9. The number of alkyl halides is 2. The van der Waals surface area contributed by atoms with Gasteiger partial charge in [-0.1, -0.05) is 0 Å². The van der Waals surface area contributed by atoms with Crippen LogP contribution < -0.4 is 5.43 Å². The summed E-state index contributed by atoms with van der Waals surface area (Å²) >= 11 is 0. The fourth-order valence-electron chi connectivity index (χ4n) is 0.768. The van der Waals surface area contributed by atoms with Crippen LogP contribution in [0.5, 0.6) is 0 Å². The van der Waals surface area contributed by atoms with Crippen molar-refractivity contribution in [3.63, 3.8) is 0 Å². The molecule has 0 saturated heterocycles. The summed E-state index contributed by atoms with van der Waals surface area (Å²) in [5.74, 6) is 0. The van der Waals surface area contributed by atoms with Crippen LogP contribution in [0.2, 0.25) is 0 Å². The number of carbonyl (C=O) groups excluding carboxylic acids is 1. The van der Waals surface area contributed by atoms with E-state index in [0.717, 1.165) is 12.1 Å². The third-order valence-corrected chi connectivity index (χ3v) is 1.25. The minimum absolute atomic E-state index is 0.141. The van der Waals surface area contributed by atoms with Gasteiger partial charge in [0, 0.05) is 12.1 Å². The Morgan fingerprint density at radius 1 is 1.42 bits per heavy atom. The second-order valence-corrected chi connectivity index (χ2v) is 2.15. The Balaban J connectivity index is 3.24. The first-order valence-corrected chi connectivity index (χ1v) is 3.11. The number of nitrogens with one attached hydrogen (secondary N) is 1. The van der Waals surface area contributed by atoms with E-state index in [1.807, 2.05) is 0 Å². The highest BCUT2D eigenvalue weighted by molar-refractivity contribution is 5.71. The van der Waals surface area contributed by atoms with Gasteiger partial charge in [-0.25, -0.2) is 8.78 Å². The van der Waals surface area contributed by atoms with Crippen LogP contribution in [0.25, 0.3) is 0 Å². The van der Waals surface area contributed by atoms with Crippen molar-refractivity contribution in [2.45, 2.75) is 6.43 Å². The lowest BCUT2D eigenvalue weighted by molar-refractivity contribution is 0.111. The van der Waals surface area contributed by atoms with Gasteiger partial charge in [0.2, 0.25) is 0 Å². The van der Waals surface area contributed by atoms with E-state index in [4.69, 9.17) is 0 Å². The van der Waals surface area contributed by atoms with Gasteiger partial charge in [-0.3, -0.25) is 9.59 Å². The van der Waals surface area contributed by atoms with Crippen molar-refractivity contribution in [2.75, 3.05) is 0 Å². The molecular formula is C7H5F2NO2. The predicted molar refractivity (Wildman–Crippen MR) is 37.4 cm³/mol. The Kier molecular flexibility index (Phi) is 2.32. The number of aldehydes is 1. The topological polar surface area (TPSA) is 49.9 Å². The molecule has 0 fully saturated rings. The third-order valence-electron chi connectivity index (χ3n) is 1.25. The largest absolute Gasteiger partial charge is 0.351 e. The molecule has 1 aromatic heterocycles. The van der Waals surface area contributed by atoms with Crippen molar-refractivity contribution >= 4 is 6.29 Å². The molecule has 0 aliphatic carbocycles. The van der Waals surface area contributed by atoms with E-state index in [1.54, 1.807) is 0 Å². The molecule has 0 amide bonds. The highest BCUT2D eigenvalue weighted by Gasteiger charge is 2.08. The summed E-state index contributed by atoms with van der Waals surface area (Å²) in [5, 5.41) is 0. The maximum Gasteiger partial charge on any atom is 0.278 e. The summed E-state index contributed by atoms with van der Waals surface area (Å²) in [5.41, 5.74) is -1.28. The van der Waals surface area contributed by atoms with Gasteiger partial charge in [-0.2, -0.15) is 0 Å². The summed E-state index contributed by atoms with van der Waals surface area (Å²) in [6.07, 6.45) is -2.45. The molecule has 1 rings (SSSR count). The van der Waals surface area contributed by atoms with Gasteiger partial charge in [0.25, 0.3) is 6.43 Å². The van der Waals surface area contributed by atoms with E-state index in [0.29, 0.717) is 6.29 Å². The van der Waals surface area contributed by atoms with Crippen LogP contribution in [0.4, 0.5) is 8.78 Å². The Hall–Kier alpha value is -1.52. The quantitative estimate of drug-likeness (QED) is 0.681. The molecule has 0 radical (unpaired) electrons. The summed E-state index contributed by atoms with van der Waals surface area (Å²) in [6.45, 7) is 0. The van der Waals surface area contributed by atoms with E-state index in [9.17, 15) is 18.4 Å². The average Bonchev–Trinajstić information content (AvgIpc) is 2.03. The fraction of sp³-hybridized carbons (Fsp3) is 0.143. The molecule has 0 atom stereocenters. The van der Waals surface area contributed by atoms with Gasteiger partial charge in [0.1, 0.15) is 0 Å². The maximum absolute atomic E-state index is 12.0. The molecule has 0 saturated carbocycles. The molecule has 12 heavy (non-hydrogen) atoms. The Labute approximate surface area is 66.0 Å². The summed E-state index contributed by atoms with van der Waals surface area (Å²) in [6, 6.07) is 1.72. The first kappa shape index (κ1) is 8.58. The number of H-pyrrole nitrogens is 1. The molecule has 1 heterocycles. The lowest BCUT2D eigenvalue weighted by atomic mass is 10.3. The zero-order valence-corrected chi connectivity index (χ0v) is 5.88. The summed E-state index contributed by atoms with van der Waals surface area (Å²) < 4.78 is 24.0. The van der Waals surface area contributed by atoms with Crippen molar-refractivity contribution in [3.05, 3.63) is 33.7 Å². The molecule has 0 spiro atoms. The minimum atomic E-state index is -2.77. The van der Waals surface area contributed by atoms with Crippen molar-refractivity contribution in [1.82, 2.24) is 4.98 Å². The van der Waals surface area contributed by atoms with Gasteiger partial charge in [0.05, 0.1) is 11.4 Å². The second kappa shape index (κ2) is 3.25. The minimum Gasteiger partial charge on any atom is -0.351 e. The van der Waals surface area contributed by atoms with Crippen LogP contribution in [0.15, 0.2) is 16.9 Å². The number of hydrogen-bond acceptors (Lipinski definition) is 2. The van der Waals surface area contributed by atoms with E-state index in [-0.39, 0.29) is 5.69 Å². The number of carbonyl (C=O) groups is 1. The zero-order chi connectivity index (χ0) is 9.14. The standard InChI is InChI=1S/C7H5F2NO2/c8-7(9)6-2-5(12)1-4(3-11)10-6/h1-3,7H,(H,10,12). The van der Waals surface area contributed by atoms with Crippen LogP contribution >= 0.6 is 0 Å². The van der Waals surface area contributed by atoms with Crippen LogP contribution in [-0.4, -0.2) is 11.3 Å². The lowest BCUT2D eigenvalue weighted by Crippen LogP contribution is -2.06. The number of pyridine rings is 1. The number of aromatic nitrogens is 1. The highest BCUT2D eigenvalue weighted by Crippen LogP contribution is 2.13. The molecule has 1 N–H and O–H groups in total. The van der Waals surface area contributed by atoms with Gasteiger partial charge >= 0.3 is 0 Å². The number of aromatic amines is 1. The van der Waals surface area contributed by atoms with Crippen LogP contribution in [0, 0.1) is 0 Å². The molecule has 0 bridgehead atoms. The molecule has 64 valence electrons. The smallest absolute Gasteiger partial charge is 0.278 e. The van der Waals surface area contributed by atoms with Gasteiger partial charge < -0.3 is 4.98 Å². The molecule has 0 aliphatic rings. The van der Waals surface area contributed by atoms with E-state index < -0.39 is 17.5 Å². The number of halogens is 2. The normalized spacial score (nSPS) is 10.2. The number of hydrogen-bond donors (Lipinski definition) is 1. The molecule has 0 aliphatic heterocycles. The van der Waals surface area contributed by atoms with Crippen molar-refractivity contribution in [3.8, 4) is 0 Å². The second-order valence-electron chi connectivity index (χ2n) is 2.15. The third kappa shape index (κ3) is 1.75. The first-order valence-electron chi connectivity index (χ1n) is 3.11. The van der Waals surface area contributed by atoms with Gasteiger partial charge in [-0.05, 0) is 0 Å². The highest BCUT2D eigenvalue weighted by atomic mass is 19.3. The monoisotopic (exact) mass is 173 g/mol. The van der Waals surface area contributed by atoms with E-state index >= 15 is 0 Å². The Morgan fingerprint density at radius 3 is 2.58 bits per heavy atom. The molecule has 1 aromatic rings. The van der Waals surface area contributed by atoms with Crippen molar-refractivity contribution in [2.24, 2.45) is 0 Å². The van der Waals surface area contributed by atoms with Gasteiger partial charge in [-0.15, -0.1) is 0 Å². The lowest BCUT2D eigenvalue weighted by Gasteiger charge is -1.98. The predicted octanol–water partition coefficient (Wildman–Crippen LogP) is 1.12. The molecular weight excluding hydrogens is 168 g/mol. The molecule has 0 unspecified atom stereocenters. The first-order chi connectivity index (χ1) is 5.63. The maximum atomic E-state index is 12.0. The van der Waals surface area contributed by atoms with Crippen LogP contribution in [0.3, 0.4) is 0 Å². The Morgan fingerprint density at radius 2 is 2.08 bits per heavy atom. The zero-order valence-electron chi connectivity index (χ0n) is 5.88. The molecule has 0 aromatic carbocycles.